The molecule has 0 spiro atoms. The number of aryl methyl sites for hydroxylation is 1. The second-order valence-corrected chi connectivity index (χ2v) is 3.18. The van der Waals surface area contributed by atoms with Crippen molar-refractivity contribution in [2.75, 3.05) is 13.1 Å². The maximum Gasteiger partial charge on any atom is 0.272 e. The Morgan fingerprint density at radius 3 is 2.93 bits per heavy atom. The number of imidazole rings is 1. The smallest absolute Gasteiger partial charge is 0.272 e. The number of aromatic nitrogens is 2. The zero-order valence-electron chi connectivity index (χ0n) is 8.97. The van der Waals surface area contributed by atoms with Crippen LogP contribution < -0.4 is 0 Å². The lowest BCUT2D eigenvalue weighted by atomic mass is 10.3. The molecule has 0 saturated carbocycles. The lowest BCUT2D eigenvalue weighted by Gasteiger charge is -2.19. The zero-order chi connectivity index (χ0) is 11.3. The normalized spacial score (nSPS) is 9.67. The molecule has 0 aliphatic carbocycles. The van der Waals surface area contributed by atoms with Crippen LogP contribution in [0, 0.1) is 11.3 Å². The molecule has 80 valence electrons. The van der Waals surface area contributed by atoms with Crippen molar-refractivity contribution in [1.29, 1.82) is 5.26 Å². The number of rotatable bonds is 4. The number of amides is 1. The average Bonchev–Trinajstić information content (AvgIpc) is 2.65. The molecule has 0 saturated heterocycles. The topological polar surface area (TPSA) is 61.9 Å². The molecular formula is C10H14N4O. The van der Waals surface area contributed by atoms with E-state index in [-0.39, 0.29) is 5.91 Å². The van der Waals surface area contributed by atoms with Gasteiger partial charge in [0.2, 0.25) is 0 Å². The van der Waals surface area contributed by atoms with Gasteiger partial charge in [0.05, 0.1) is 25.0 Å². The Balaban J connectivity index is 2.74. The van der Waals surface area contributed by atoms with Crippen LogP contribution in [-0.2, 0) is 7.05 Å². The molecule has 0 bridgehead atoms. The van der Waals surface area contributed by atoms with E-state index in [1.54, 1.807) is 22.8 Å². The summed E-state index contributed by atoms with van der Waals surface area (Å²) in [7, 11) is 1.78. The Morgan fingerprint density at radius 1 is 1.73 bits per heavy atom. The third-order valence-electron chi connectivity index (χ3n) is 2.20. The molecule has 0 fully saturated rings. The lowest BCUT2D eigenvalue weighted by Crippen LogP contribution is -2.32. The van der Waals surface area contributed by atoms with Crippen molar-refractivity contribution >= 4 is 5.91 Å². The summed E-state index contributed by atoms with van der Waals surface area (Å²) in [6, 6.07) is 2.03. The molecule has 1 amide bonds. The molecule has 1 rings (SSSR count). The highest BCUT2D eigenvalue weighted by Gasteiger charge is 2.16. The number of carbonyl (C=O) groups is 1. The Labute approximate surface area is 88.9 Å². The van der Waals surface area contributed by atoms with Gasteiger partial charge >= 0.3 is 0 Å². The summed E-state index contributed by atoms with van der Waals surface area (Å²) < 4.78 is 1.68. The molecule has 0 N–H and O–H groups in total. The van der Waals surface area contributed by atoms with Crippen molar-refractivity contribution in [2.45, 2.75) is 13.3 Å². The number of hydrogen-bond acceptors (Lipinski definition) is 3. The molecule has 0 aromatic carbocycles. The fraction of sp³-hybridized carbons (Fsp3) is 0.500. The van der Waals surface area contributed by atoms with E-state index in [1.807, 2.05) is 13.0 Å². The quantitative estimate of drug-likeness (QED) is 0.731. The number of nitriles is 1. The van der Waals surface area contributed by atoms with Gasteiger partial charge in [-0.15, -0.1) is 0 Å². The van der Waals surface area contributed by atoms with Crippen molar-refractivity contribution in [3.05, 3.63) is 18.2 Å². The van der Waals surface area contributed by atoms with Crippen LogP contribution in [0.15, 0.2) is 12.5 Å². The van der Waals surface area contributed by atoms with Gasteiger partial charge in [-0.05, 0) is 6.92 Å². The van der Waals surface area contributed by atoms with Crippen LogP contribution in [0.3, 0.4) is 0 Å². The van der Waals surface area contributed by atoms with E-state index in [0.29, 0.717) is 25.2 Å². The molecule has 0 unspecified atom stereocenters. The van der Waals surface area contributed by atoms with Crippen LogP contribution in [0.1, 0.15) is 23.8 Å². The third-order valence-corrected chi connectivity index (χ3v) is 2.20. The Hall–Kier alpha value is -1.83. The van der Waals surface area contributed by atoms with Crippen LogP contribution in [0.2, 0.25) is 0 Å². The molecule has 5 heteroatoms. The Kier molecular flexibility index (Phi) is 3.86. The molecule has 0 atom stereocenters. The fourth-order valence-electron chi connectivity index (χ4n) is 1.31. The summed E-state index contributed by atoms with van der Waals surface area (Å²) in [6.45, 7) is 2.97. The maximum atomic E-state index is 11.9. The maximum absolute atomic E-state index is 11.9. The first kappa shape index (κ1) is 11.2. The van der Waals surface area contributed by atoms with Crippen LogP contribution in [0.5, 0.6) is 0 Å². The summed E-state index contributed by atoms with van der Waals surface area (Å²) in [5, 5.41) is 8.47. The summed E-state index contributed by atoms with van der Waals surface area (Å²) >= 11 is 0. The molecule has 1 aromatic rings. The summed E-state index contributed by atoms with van der Waals surface area (Å²) in [5.41, 5.74) is 0.551. The number of hydrogen-bond donors (Lipinski definition) is 0. The minimum atomic E-state index is -0.0762. The Morgan fingerprint density at radius 2 is 2.47 bits per heavy atom. The molecule has 5 nitrogen and oxygen atoms in total. The number of carbonyl (C=O) groups excluding carboxylic acids is 1. The largest absolute Gasteiger partial charge is 0.337 e. The standard InChI is InChI=1S/C10H14N4O/c1-3-14(6-4-5-11)10(15)9-7-12-8-13(9)2/h7-8H,3-4,6H2,1-2H3. The average molecular weight is 206 g/mol. The molecule has 1 aromatic heterocycles. The zero-order valence-corrected chi connectivity index (χ0v) is 8.97. The van der Waals surface area contributed by atoms with Crippen molar-refractivity contribution < 1.29 is 4.79 Å². The van der Waals surface area contributed by atoms with Gasteiger partial charge in [-0.2, -0.15) is 5.26 Å². The lowest BCUT2D eigenvalue weighted by molar-refractivity contribution is 0.0758. The minimum Gasteiger partial charge on any atom is -0.337 e. The van der Waals surface area contributed by atoms with Gasteiger partial charge in [0.25, 0.3) is 5.91 Å². The van der Waals surface area contributed by atoms with Gasteiger partial charge in [0, 0.05) is 20.1 Å². The van der Waals surface area contributed by atoms with Gasteiger partial charge < -0.3 is 9.47 Å². The second-order valence-electron chi connectivity index (χ2n) is 3.18. The van der Waals surface area contributed by atoms with E-state index in [1.165, 1.54) is 6.20 Å². The van der Waals surface area contributed by atoms with Crippen molar-refractivity contribution in [1.82, 2.24) is 14.5 Å². The van der Waals surface area contributed by atoms with Gasteiger partial charge in [-0.1, -0.05) is 0 Å². The highest BCUT2D eigenvalue weighted by Crippen LogP contribution is 2.03. The van der Waals surface area contributed by atoms with E-state index in [9.17, 15) is 4.79 Å². The van der Waals surface area contributed by atoms with Gasteiger partial charge in [-0.3, -0.25) is 4.79 Å². The van der Waals surface area contributed by atoms with E-state index < -0.39 is 0 Å². The van der Waals surface area contributed by atoms with Gasteiger partial charge in [0.15, 0.2) is 0 Å². The SMILES string of the molecule is CCN(CCC#N)C(=O)c1cncn1C. The van der Waals surface area contributed by atoms with Crippen molar-refractivity contribution in [2.24, 2.45) is 7.05 Å². The van der Waals surface area contributed by atoms with Crippen LogP contribution in [0.4, 0.5) is 0 Å². The fourth-order valence-corrected chi connectivity index (χ4v) is 1.31. The van der Waals surface area contributed by atoms with E-state index in [0.717, 1.165) is 0 Å². The molecule has 15 heavy (non-hydrogen) atoms. The molecule has 0 aliphatic heterocycles. The molecule has 1 heterocycles. The predicted octanol–water partition coefficient (Wildman–Crippen LogP) is 0.796. The van der Waals surface area contributed by atoms with E-state index in [2.05, 4.69) is 4.98 Å². The highest BCUT2D eigenvalue weighted by molar-refractivity contribution is 5.92. The van der Waals surface area contributed by atoms with E-state index in [4.69, 9.17) is 5.26 Å². The highest BCUT2D eigenvalue weighted by atomic mass is 16.2. The first-order chi connectivity index (χ1) is 7.20. The van der Waals surface area contributed by atoms with Gasteiger partial charge in [-0.25, -0.2) is 4.98 Å². The van der Waals surface area contributed by atoms with Crippen LogP contribution in [-0.4, -0.2) is 33.4 Å². The van der Waals surface area contributed by atoms with Crippen LogP contribution in [0.25, 0.3) is 0 Å². The monoisotopic (exact) mass is 206 g/mol. The predicted molar refractivity (Wildman–Crippen MR) is 55.0 cm³/mol. The molecule has 0 aliphatic rings. The first-order valence-electron chi connectivity index (χ1n) is 4.83. The first-order valence-corrected chi connectivity index (χ1v) is 4.83. The second kappa shape index (κ2) is 5.15. The van der Waals surface area contributed by atoms with E-state index >= 15 is 0 Å². The third kappa shape index (κ3) is 2.56. The number of nitrogens with zero attached hydrogens (tertiary/aromatic N) is 4. The van der Waals surface area contributed by atoms with Crippen molar-refractivity contribution in [3.8, 4) is 6.07 Å². The van der Waals surface area contributed by atoms with Gasteiger partial charge in [0.1, 0.15) is 5.69 Å². The summed E-state index contributed by atoms with van der Waals surface area (Å²) in [6.07, 6.45) is 3.49. The van der Waals surface area contributed by atoms with Crippen LogP contribution >= 0.6 is 0 Å². The van der Waals surface area contributed by atoms with Crippen molar-refractivity contribution in [3.63, 3.8) is 0 Å². The molecule has 0 radical (unpaired) electrons. The molecular weight excluding hydrogens is 192 g/mol. The summed E-state index contributed by atoms with van der Waals surface area (Å²) in [5.74, 6) is -0.0762. The Bertz CT molecular complexity index is 377. The minimum absolute atomic E-state index is 0.0762. The summed E-state index contributed by atoms with van der Waals surface area (Å²) in [4.78, 5) is 17.4.